The number of aromatic nitrogens is 2. The molecule has 0 saturated heterocycles. The number of halogens is 1. The molecule has 0 radical (unpaired) electrons. The first kappa shape index (κ1) is 15.7. The van der Waals surface area contributed by atoms with E-state index in [4.69, 9.17) is 16.3 Å². The Morgan fingerprint density at radius 1 is 1.29 bits per heavy atom. The van der Waals surface area contributed by atoms with Crippen LogP contribution in [0.15, 0.2) is 41.6 Å². The summed E-state index contributed by atoms with van der Waals surface area (Å²) in [7, 11) is -3.65. The van der Waals surface area contributed by atoms with E-state index < -0.39 is 10.0 Å². The maximum Gasteiger partial charge on any atom is 0.243 e. The van der Waals surface area contributed by atoms with E-state index in [0.717, 1.165) is 18.0 Å². The molecule has 0 spiro atoms. The zero-order chi connectivity index (χ0) is 15.3. The monoisotopic (exact) mass is 327 g/mol. The number of nitrogens with zero attached hydrogens (tertiary/aromatic N) is 2. The number of aryl methyl sites for hydroxylation is 1. The summed E-state index contributed by atoms with van der Waals surface area (Å²) in [5, 5.41) is -0.00303. The molecule has 1 N–H and O–H groups in total. The second-order valence-electron chi connectivity index (χ2n) is 4.25. The van der Waals surface area contributed by atoms with E-state index in [9.17, 15) is 8.42 Å². The van der Waals surface area contributed by atoms with Gasteiger partial charge in [0.15, 0.2) is 0 Å². The Bertz CT molecular complexity index is 705. The fourth-order valence-corrected chi connectivity index (χ4v) is 2.57. The first-order chi connectivity index (χ1) is 9.97. The molecule has 6 nitrogen and oxygen atoms in total. The van der Waals surface area contributed by atoms with Crippen molar-refractivity contribution in [3.05, 3.63) is 47.5 Å². The largest absolute Gasteiger partial charge is 0.492 e. The highest BCUT2D eigenvalue weighted by Crippen LogP contribution is 2.12. The molecule has 0 bridgehead atoms. The third-order valence-corrected chi connectivity index (χ3v) is 4.17. The Hall–Kier alpha value is -1.70. The fourth-order valence-electron chi connectivity index (χ4n) is 1.57. The predicted octanol–water partition coefficient (Wildman–Crippen LogP) is 1.80. The minimum Gasteiger partial charge on any atom is -0.492 e. The lowest BCUT2D eigenvalue weighted by molar-refractivity contribution is 0.322. The number of rotatable bonds is 6. The van der Waals surface area contributed by atoms with Gasteiger partial charge in [-0.25, -0.2) is 23.1 Å². The van der Waals surface area contributed by atoms with Gasteiger partial charge in [0.05, 0.1) is 12.4 Å². The molecular formula is C13H14ClN3O3S. The van der Waals surface area contributed by atoms with Crippen LogP contribution in [-0.4, -0.2) is 31.5 Å². The highest BCUT2D eigenvalue weighted by Gasteiger charge is 2.14. The Morgan fingerprint density at radius 2 is 2.00 bits per heavy atom. The molecule has 2 rings (SSSR count). The van der Waals surface area contributed by atoms with Crippen molar-refractivity contribution in [1.82, 2.24) is 14.7 Å². The SMILES string of the molecule is Cc1cccc(OCCNS(=O)(=O)c2cnc(Cl)nc2)c1. The van der Waals surface area contributed by atoms with Gasteiger partial charge in [-0.1, -0.05) is 12.1 Å². The average Bonchev–Trinajstić information content (AvgIpc) is 2.44. The fraction of sp³-hybridized carbons (Fsp3) is 0.231. The molecule has 1 aromatic carbocycles. The van der Waals surface area contributed by atoms with Gasteiger partial charge in [-0.3, -0.25) is 0 Å². The van der Waals surface area contributed by atoms with E-state index in [-0.39, 0.29) is 23.3 Å². The van der Waals surface area contributed by atoms with Crippen molar-refractivity contribution in [3.63, 3.8) is 0 Å². The number of ether oxygens (including phenoxy) is 1. The van der Waals surface area contributed by atoms with E-state index in [0.29, 0.717) is 5.75 Å². The summed E-state index contributed by atoms with van der Waals surface area (Å²) < 4.78 is 31.7. The normalized spacial score (nSPS) is 11.3. The second kappa shape index (κ2) is 6.84. The molecule has 0 fully saturated rings. The van der Waals surface area contributed by atoms with E-state index in [2.05, 4.69) is 14.7 Å². The van der Waals surface area contributed by atoms with E-state index >= 15 is 0 Å². The van der Waals surface area contributed by atoms with Crippen LogP contribution in [0.5, 0.6) is 5.75 Å². The molecule has 0 aliphatic heterocycles. The molecule has 0 saturated carbocycles. The van der Waals surface area contributed by atoms with Crippen LogP contribution in [0, 0.1) is 6.92 Å². The van der Waals surface area contributed by atoms with Gasteiger partial charge < -0.3 is 4.74 Å². The van der Waals surface area contributed by atoms with Gasteiger partial charge >= 0.3 is 0 Å². The van der Waals surface area contributed by atoms with Crippen molar-refractivity contribution in [1.29, 1.82) is 0 Å². The van der Waals surface area contributed by atoms with Crippen LogP contribution >= 0.6 is 11.6 Å². The molecule has 0 atom stereocenters. The van der Waals surface area contributed by atoms with Crippen molar-refractivity contribution in [3.8, 4) is 5.75 Å². The van der Waals surface area contributed by atoms with Crippen molar-refractivity contribution < 1.29 is 13.2 Å². The zero-order valence-corrected chi connectivity index (χ0v) is 12.9. The van der Waals surface area contributed by atoms with Crippen molar-refractivity contribution in [2.24, 2.45) is 0 Å². The summed E-state index contributed by atoms with van der Waals surface area (Å²) in [6, 6.07) is 7.52. The molecule has 0 unspecified atom stereocenters. The highest BCUT2D eigenvalue weighted by atomic mass is 35.5. The number of hydrogen-bond donors (Lipinski definition) is 1. The van der Waals surface area contributed by atoms with E-state index in [1.54, 1.807) is 0 Å². The molecule has 112 valence electrons. The maximum atomic E-state index is 11.9. The number of sulfonamides is 1. The number of hydrogen-bond acceptors (Lipinski definition) is 5. The molecule has 2 aromatic rings. The summed E-state index contributed by atoms with van der Waals surface area (Å²) >= 11 is 5.51. The minimum atomic E-state index is -3.65. The first-order valence-electron chi connectivity index (χ1n) is 6.14. The third kappa shape index (κ3) is 4.66. The summed E-state index contributed by atoms with van der Waals surface area (Å²) in [5.41, 5.74) is 1.08. The number of nitrogens with one attached hydrogen (secondary N) is 1. The Kier molecular flexibility index (Phi) is 5.11. The summed E-state index contributed by atoms with van der Waals surface area (Å²) in [6.45, 7) is 2.31. The molecule has 0 aliphatic carbocycles. The maximum absolute atomic E-state index is 11.9. The van der Waals surface area contributed by atoms with Gasteiger partial charge in [0.25, 0.3) is 0 Å². The van der Waals surface area contributed by atoms with E-state index in [1.807, 2.05) is 31.2 Å². The molecule has 0 aliphatic rings. The van der Waals surface area contributed by atoms with Crippen LogP contribution in [0.2, 0.25) is 5.28 Å². The van der Waals surface area contributed by atoms with Crippen molar-refractivity contribution in [2.75, 3.05) is 13.2 Å². The van der Waals surface area contributed by atoms with Crippen LogP contribution < -0.4 is 9.46 Å². The smallest absolute Gasteiger partial charge is 0.243 e. The van der Waals surface area contributed by atoms with Crippen molar-refractivity contribution >= 4 is 21.6 Å². The Morgan fingerprint density at radius 3 is 2.67 bits per heavy atom. The molecule has 1 heterocycles. The van der Waals surface area contributed by atoms with Crippen LogP contribution in [0.4, 0.5) is 0 Å². The topological polar surface area (TPSA) is 81.2 Å². The Labute approximate surface area is 128 Å². The summed E-state index contributed by atoms with van der Waals surface area (Å²) in [6.07, 6.45) is 2.30. The van der Waals surface area contributed by atoms with Gasteiger partial charge in [-0.15, -0.1) is 0 Å². The molecular weight excluding hydrogens is 314 g/mol. The van der Waals surface area contributed by atoms with Gasteiger partial charge in [0.2, 0.25) is 15.3 Å². The quantitative estimate of drug-likeness (QED) is 0.646. The van der Waals surface area contributed by atoms with E-state index in [1.165, 1.54) is 0 Å². The van der Waals surface area contributed by atoms with Gasteiger partial charge in [-0.2, -0.15) is 0 Å². The number of benzene rings is 1. The van der Waals surface area contributed by atoms with Gasteiger partial charge in [-0.05, 0) is 36.2 Å². The van der Waals surface area contributed by atoms with Crippen molar-refractivity contribution in [2.45, 2.75) is 11.8 Å². The Balaban J connectivity index is 1.86. The third-order valence-electron chi connectivity index (χ3n) is 2.56. The minimum absolute atomic E-state index is 0.00303. The first-order valence-corrected chi connectivity index (χ1v) is 8.00. The summed E-state index contributed by atoms with van der Waals surface area (Å²) in [4.78, 5) is 7.23. The van der Waals surface area contributed by atoms with Gasteiger partial charge in [0.1, 0.15) is 17.3 Å². The standard InChI is InChI=1S/C13H14ClN3O3S/c1-10-3-2-4-11(7-10)20-6-5-17-21(18,19)12-8-15-13(14)16-9-12/h2-4,7-9,17H,5-6H2,1H3. The summed E-state index contributed by atoms with van der Waals surface area (Å²) in [5.74, 6) is 0.698. The lowest BCUT2D eigenvalue weighted by Gasteiger charge is -2.08. The van der Waals surface area contributed by atoms with Crippen LogP contribution in [0.3, 0.4) is 0 Å². The van der Waals surface area contributed by atoms with Crippen LogP contribution in [-0.2, 0) is 10.0 Å². The molecule has 8 heteroatoms. The zero-order valence-electron chi connectivity index (χ0n) is 11.3. The van der Waals surface area contributed by atoms with Crippen LogP contribution in [0.1, 0.15) is 5.56 Å². The lowest BCUT2D eigenvalue weighted by atomic mass is 10.2. The molecule has 1 aromatic heterocycles. The second-order valence-corrected chi connectivity index (χ2v) is 6.36. The predicted molar refractivity (Wildman–Crippen MR) is 78.9 cm³/mol. The lowest BCUT2D eigenvalue weighted by Crippen LogP contribution is -2.28. The van der Waals surface area contributed by atoms with Gasteiger partial charge in [0, 0.05) is 6.54 Å². The highest BCUT2D eigenvalue weighted by molar-refractivity contribution is 7.89. The average molecular weight is 328 g/mol. The molecule has 21 heavy (non-hydrogen) atoms. The molecule has 0 amide bonds. The van der Waals surface area contributed by atoms with Crippen LogP contribution in [0.25, 0.3) is 0 Å².